The van der Waals surface area contributed by atoms with Crippen molar-refractivity contribution < 1.29 is 23.1 Å². The molecule has 1 heterocycles. The highest BCUT2D eigenvalue weighted by Gasteiger charge is 2.22. The predicted molar refractivity (Wildman–Crippen MR) is 145 cm³/mol. The normalized spacial score (nSPS) is 12.9. The van der Waals surface area contributed by atoms with Crippen molar-refractivity contribution in [1.82, 2.24) is 15.2 Å². The minimum Gasteiger partial charge on any atom is -0.408 e. The van der Waals surface area contributed by atoms with Crippen molar-refractivity contribution in [3.8, 4) is 0 Å². The van der Waals surface area contributed by atoms with Gasteiger partial charge in [-0.05, 0) is 60.2 Å². The first-order valence-corrected chi connectivity index (χ1v) is 13.1. The molecule has 2 atom stereocenters. The van der Waals surface area contributed by atoms with Gasteiger partial charge in [-0.1, -0.05) is 43.3 Å². The van der Waals surface area contributed by atoms with Gasteiger partial charge in [0, 0.05) is 32.1 Å². The van der Waals surface area contributed by atoms with Crippen LogP contribution in [-0.4, -0.2) is 34.3 Å². The lowest BCUT2D eigenvalue weighted by atomic mass is 10.00. The van der Waals surface area contributed by atoms with Crippen molar-refractivity contribution in [3.05, 3.63) is 106 Å². The number of hydrogen-bond acceptors (Lipinski definition) is 5. The van der Waals surface area contributed by atoms with E-state index < -0.39 is 29.5 Å². The average Bonchev–Trinajstić information content (AvgIpc) is 3.22. The summed E-state index contributed by atoms with van der Waals surface area (Å²) >= 11 is 0. The average molecular weight is 538 g/mol. The van der Waals surface area contributed by atoms with Crippen LogP contribution in [0.25, 0.3) is 11.1 Å². The van der Waals surface area contributed by atoms with E-state index in [9.17, 15) is 23.5 Å². The number of carbonyl (C=O) groups excluding carboxylic acids is 1. The summed E-state index contributed by atoms with van der Waals surface area (Å²) in [6.07, 6.45) is 0.388. The van der Waals surface area contributed by atoms with E-state index in [2.05, 4.69) is 23.6 Å². The molecule has 4 rings (SSSR count). The SMILES string of the molecule is CCc1cccc(CNC[C@@H](O)[C@@H](Cc2cc(F)cc(F)c2)NC(=O)CCCn2c(=O)oc3ccccc32)c1. The van der Waals surface area contributed by atoms with Gasteiger partial charge in [-0.3, -0.25) is 9.36 Å². The van der Waals surface area contributed by atoms with Gasteiger partial charge in [0.2, 0.25) is 5.91 Å². The van der Waals surface area contributed by atoms with Crippen LogP contribution in [0.2, 0.25) is 0 Å². The molecule has 0 spiro atoms. The maximum atomic E-state index is 13.8. The second-order valence-corrected chi connectivity index (χ2v) is 9.62. The number of nitrogens with one attached hydrogen (secondary N) is 2. The number of nitrogens with zero attached hydrogens (tertiary/aromatic N) is 1. The van der Waals surface area contributed by atoms with Crippen LogP contribution in [0.15, 0.2) is 75.9 Å². The van der Waals surface area contributed by atoms with Crippen LogP contribution in [0, 0.1) is 11.6 Å². The first-order chi connectivity index (χ1) is 18.8. The molecule has 4 aromatic rings. The standard InChI is InChI=1S/C30H33F2N3O4/c1-2-20-7-5-8-21(13-20)18-33-19-27(36)25(16-22-14-23(31)17-24(32)15-22)34-29(37)11-6-12-35-26-9-3-4-10-28(26)39-30(35)38/h3-5,7-10,13-15,17,25,27,33,36H,2,6,11-12,16,18-19H2,1H3,(H,34,37)/t25-,27-/m1/s1. The summed E-state index contributed by atoms with van der Waals surface area (Å²) in [5, 5.41) is 17.0. The third-order valence-electron chi connectivity index (χ3n) is 6.63. The fourth-order valence-corrected chi connectivity index (χ4v) is 4.63. The highest BCUT2D eigenvalue weighted by atomic mass is 19.1. The molecule has 0 aliphatic rings. The molecule has 0 unspecified atom stereocenters. The summed E-state index contributed by atoms with van der Waals surface area (Å²) < 4.78 is 34.3. The van der Waals surface area contributed by atoms with E-state index in [0.717, 1.165) is 18.1 Å². The van der Waals surface area contributed by atoms with E-state index in [1.54, 1.807) is 24.3 Å². The summed E-state index contributed by atoms with van der Waals surface area (Å²) in [7, 11) is 0. The summed E-state index contributed by atoms with van der Waals surface area (Å²) in [6.45, 7) is 3.04. The Morgan fingerprint density at radius 1 is 1.00 bits per heavy atom. The molecular formula is C30H33F2N3O4. The van der Waals surface area contributed by atoms with E-state index in [0.29, 0.717) is 29.6 Å². The molecule has 1 amide bonds. The van der Waals surface area contributed by atoms with Crippen molar-refractivity contribution in [2.45, 2.75) is 57.8 Å². The third kappa shape index (κ3) is 7.84. The number of oxazole rings is 1. The minimum absolute atomic E-state index is 0.0421. The Labute approximate surface area is 225 Å². The molecule has 3 aromatic carbocycles. The fraction of sp³-hybridized carbons (Fsp3) is 0.333. The summed E-state index contributed by atoms with van der Waals surface area (Å²) in [6, 6.07) is 17.5. The van der Waals surface area contributed by atoms with Crippen LogP contribution >= 0.6 is 0 Å². The number of aliphatic hydroxyl groups is 1. The molecule has 0 saturated heterocycles. The molecule has 3 N–H and O–H groups in total. The monoisotopic (exact) mass is 537 g/mol. The van der Waals surface area contributed by atoms with Crippen LogP contribution in [0.3, 0.4) is 0 Å². The number of aryl methyl sites for hydroxylation is 2. The van der Waals surface area contributed by atoms with Crippen LogP contribution in [-0.2, 0) is 30.7 Å². The van der Waals surface area contributed by atoms with Crippen LogP contribution < -0.4 is 16.4 Å². The van der Waals surface area contributed by atoms with Gasteiger partial charge in [-0.15, -0.1) is 0 Å². The molecule has 0 aliphatic carbocycles. The van der Waals surface area contributed by atoms with Gasteiger partial charge < -0.3 is 20.2 Å². The minimum atomic E-state index is -1.02. The van der Waals surface area contributed by atoms with E-state index in [1.807, 2.05) is 18.2 Å². The molecule has 0 bridgehead atoms. The molecule has 0 aliphatic heterocycles. The molecule has 0 radical (unpaired) electrons. The molecule has 7 nitrogen and oxygen atoms in total. The zero-order chi connectivity index (χ0) is 27.8. The number of hydrogen-bond donors (Lipinski definition) is 3. The zero-order valence-corrected chi connectivity index (χ0v) is 21.8. The number of para-hydroxylation sites is 2. The Morgan fingerprint density at radius 2 is 1.74 bits per heavy atom. The lowest BCUT2D eigenvalue weighted by molar-refractivity contribution is -0.122. The van der Waals surface area contributed by atoms with Crippen molar-refractivity contribution in [2.24, 2.45) is 0 Å². The van der Waals surface area contributed by atoms with Crippen LogP contribution in [0.4, 0.5) is 8.78 Å². The number of aliphatic hydroxyl groups excluding tert-OH is 1. The van der Waals surface area contributed by atoms with Gasteiger partial charge in [-0.2, -0.15) is 0 Å². The number of benzene rings is 3. The number of fused-ring (bicyclic) bond motifs is 1. The van der Waals surface area contributed by atoms with Gasteiger partial charge in [0.05, 0.1) is 17.7 Å². The quantitative estimate of drug-likeness (QED) is 0.239. The van der Waals surface area contributed by atoms with Gasteiger partial charge in [0.25, 0.3) is 0 Å². The zero-order valence-electron chi connectivity index (χ0n) is 21.8. The number of aromatic nitrogens is 1. The smallest absolute Gasteiger partial charge is 0.408 e. The molecule has 1 aromatic heterocycles. The van der Waals surface area contributed by atoms with E-state index in [1.165, 1.54) is 22.3 Å². The van der Waals surface area contributed by atoms with Gasteiger partial charge in [-0.25, -0.2) is 13.6 Å². The maximum Gasteiger partial charge on any atom is 0.419 e. The molecule has 206 valence electrons. The van der Waals surface area contributed by atoms with Gasteiger partial charge in [0.1, 0.15) is 11.6 Å². The van der Waals surface area contributed by atoms with Crippen molar-refractivity contribution in [3.63, 3.8) is 0 Å². The first kappa shape index (κ1) is 28.2. The topological polar surface area (TPSA) is 96.5 Å². The number of halogens is 2. The summed E-state index contributed by atoms with van der Waals surface area (Å²) in [5.41, 5.74) is 3.73. The highest BCUT2D eigenvalue weighted by molar-refractivity contribution is 5.76. The van der Waals surface area contributed by atoms with E-state index in [-0.39, 0.29) is 31.8 Å². The van der Waals surface area contributed by atoms with Gasteiger partial charge >= 0.3 is 5.76 Å². The molecule has 9 heteroatoms. The Balaban J connectivity index is 1.37. The second-order valence-electron chi connectivity index (χ2n) is 9.62. The van der Waals surface area contributed by atoms with Gasteiger partial charge in [0.15, 0.2) is 5.58 Å². The molecule has 39 heavy (non-hydrogen) atoms. The third-order valence-corrected chi connectivity index (χ3v) is 6.63. The van der Waals surface area contributed by atoms with Crippen molar-refractivity contribution >= 4 is 17.0 Å². The number of amides is 1. The summed E-state index contributed by atoms with van der Waals surface area (Å²) in [5.74, 6) is -2.28. The van der Waals surface area contributed by atoms with Crippen LogP contribution in [0.1, 0.15) is 36.5 Å². The lowest BCUT2D eigenvalue weighted by Gasteiger charge is -2.25. The second kappa shape index (κ2) is 13.3. The predicted octanol–water partition coefficient (Wildman–Crippen LogP) is 4.09. The molecular weight excluding hydrogens is 504 g/mol. The molecule has 0 saturated carbocycles. The number of carbonyl (C=O) groups is 1. The fourth-order valence-electron chi connectivity index (χ4n) is 4.63. The van der Waals surface area contributed by atoms with Crippen LogP contribution in [0.5, 0.6) is 0 Å². The Bertz CT molecular complexity index is 1450. The Morgan fingerprint density at radius 3 is 2.51 bits per heavy atom. The lowest BCUT2D eigenvalue weighted by Crippen LogP contribution is -2.48. The Kier molecular flexibility index (Phi) is 9.62. The first-order valence-electron chi connectivity index (χ1n) is 13.1. The molecule has 0 fully saturated rings. The summed E-state index contributed by atoms with van der Waals surface area (Å²) in [4.78, 5) is 25.0. The maximum absolute atomic E-state index is 13.8. The number of rotatable bonds is 13. The highest BCUT2D eigenvalue weighted by Crippen LogP contribution is 2.14. The van der Waals surface area contributed by atoms with E-state index in [4.69, 9.17) is 4.42 Å². The largest absolute Gasteiger partial charge is 0.419 e. The van der Waals surface area contributed by atoms with Crippen molar-refractivity contribution in [2.75, 3.05) is 6.54 Å². The van der Waals surface area contributed by atoms with E-state index >= 15 is 0 Å². The Hall–Kier alpha value is -3.82. The van der Waals surface area contributed by atoms with Crippen molar-refractivity contribution in [1.29, 1.82) is 0 Å².